The number of alkyl halides is 1. The SMILES string of the molecule is CC1(F)Cc2c(-c3cc(F)cc(Cl)c3)sc(S(C)(=O)=O)c2[C@@H]1O. The lowest BCUT2D eigenvalue weighted by Crippen LogP contribution is -2.24. The Labute approximate surface area is 141 Å². The zero-order valence-electron chi connectivity index (χ0n) is 12.2. The Kier molecular flexibility index (Phi) is 3.83. The molecule has 1 aliphatic rings. The molecule has 8 heteroatoms. The highest BCUT2D eigenvalue weighted by molar-refractivity contribution is 7.92. The zero-order valence-corrected chi connectivity index (χ0v) is 14.6. The molecule has 124 valence electrons. The lowest BCUT2D eigenvalue weighted by atomic mass is 10.0. The summed E-state index contributed by atoms with van der Waals surface area (Å²) in [7, 11) is -3.65. The predicted octanol–water partition coefficient (Wildman–Crippen LogP) is 3.93. The summed E-state index contributed by atoms with van der Waals surface area (Å²) in [6.45, 7) is 1.22. The van der Waals surface area contributed by atoms with Crippen LogP contribution in [0.1, 0.15) is 24.2 Å². The summed E-state index contributed by atoms with van der Waals surface area (Å²) >= 11 is 6.76. The number of hydrogen-bond acceptors (Lipinski definition) is 4. The van der Waals surface area contributed by atoms with E-state index in [4.69, 9.17) is 11.6 Å². The molecule has 3 rings (SSSR count). The highest BCUT2D eigenvalue weighted by Gasteiger charge is 2.47. The molecular weight excluding hydrogens is 366 g/mol. The van der Waals surface area contributed by atoms with Crippen molar-refractivity contribution in [2.45, 2.75) is 29.3 Å². The predicted molar refractivity (Wildman–Crippen MR) is 86.0 cm³/mol. The van der Waals surface area contributed by atoms with E-state index in [1.807, 2.05) is 0 Å². The van der Waals surface area contributed by atoms with E-state index < -0.39 is 27.4 Å². The highest BCUT2D eigenvalue weighted by Crippen LogP contribution is 2.52. The van der Waals surface area contributed by atoms with Crippen LogP contribution in [0, 0.1) is 5.82 Å². The van der Waals surface area contributed by atoms with Gasteiger partial charge in [-0.05, 0) is 36.2 Å². The second kappa shape index (κ2) is 5.24. The minimum absolute atomic E-state index is 0.0814. The molecule has 1 aliphatic carbocycles. The Morgan fingerprint density at radius 2 is 2.04 bits per heavy atom. The number of aliphatic hydroxyl groups excluding tert-OH is 1. The van der Waals surface area contributed by atoms with E-state index in [1.165, 1.54) is 19.1 Å². The van der Waals surface area contributed by atoms with Crippen molar-refractivity contribution in [3.63, 3.8) is 0 Å². The summed E-state index contributed by atoms with van der Waals surface area (Å²) in [4.78, 5) is 0.419. The van der Waals surface area contributed by atoms with Crippen LogP contribution in [0.15, 0.2) is 22.4 Å². The van der Waals surface area contributed by atoms with Gasteiger partial charge in [0.2, 0.25) is 0 Å². The summed E-state index contributed by atoms with van der Waals surface area (Å²) in [5.74, 6) is -0.572. The number of sulfone groups is 1. The highest BCUT2D eigenvalue weighted by atomic mass is 35.5. The van der Waals surface area contributed by atoms with E-state index in [9.17, 15) is 22.3 Å². The normalized spacial score (nSPS) is 24.0. The third kappa shape index (κ3) is 2.80. The fraction of sp³-hybridized carbons (Fsp3) is 0.333. The molecule has 1 heterocycles. The first-order chi connectivity index (χ1) is 10.5. The topological polar surface area (TPSA) is 54.4 Å². The van der Waals surface area contributed by atoms with Gasteiger partial charge in [0.1, 0.15) is 21.8 Å². The Balaban J connectivity index is 2.31. The molecule has 0 fully saturated rings. The number of hydrogen-bond donors (Lipinski definition) is 1. The minimum Gasteiger partial charge on any atom is -0.385 e. The number of rotatable bonds is 2. The Hall–Kier alpha value is -1.02. The molecule has 1 aromatic heterocycles. The molecule has 2 atom stereocenters. The average molecular weight is 379 g/mol. The fourth-order valence-electron chi connectivity index (χ4n) is 2.84. The monoisotopic (exact) mass is 378 g/mol. The van der Waals surface area contributed by atoms with Gasteiger partial charge in [-0.3, -0.25) is 0 Å². The van der Waals surface area contributed by atoms with Gasteiger partial charge in [-0.2, -0.15) is 0 Å². The molecule has 0 aliphatic heterocycles. The first-order valence-electron chi connectivity index (χ1n) is 6.70. The van der Waals surface area contributed by atoms with Crippen molar-refractivity contribution >= 4 is 32.8 Å². The number of halogens is 3. The third-order valence-electron chi connectivity index (χ3n) is 3.84. The minimum atomic E-state index is -3.65. The second-order valence-corrected chi connectivity index (χ2v) is 9.57. The molecule has 0 radical (unpaired) electrons. The van der Waals surface area contributed by atoms with Crippen LogP contribution in [-0.2, 0) is 16.3 Å². The molecule has 0 amide bonds. The maximum absolute atomic E-state index is 14.5. The summed E-state index contributed by atoms with van der Waals surface area (Å²) in [6.07, 6.45) is -0.669. The van der Waals surface area contributed by atoms with Gasteiger partial charge in [0.25, 0.3) is 0 Å². The van der Waals surface area contributed by atoms with Crippen molar-refractivity contribution in [3.05, 3.63) is 40.2 Å². The molecule has 1 unspecified atom stereocenters. The van der Waals surface area contributed by atoms with Crippen LogP contribution in [0.25, 0.3) is 10.4 Å². The molecule has 3 nitrogen and oxygen atoms in total. The second-order valence-electron chi connectivity index (χ2n) is 5.90. The van der Waals surface area contributed by atoms with E-state index in [0.29, 0.717) is 16.0 Å². The Morgan fingerprint density at radius 1 is 1.39 bits per heavy atom. The molecular formula is C15H13ClF2O3S2. The number of benzene rings is 1. The lowest BCUT2D eigenvalue weighted by Gasteiger charge is -2.18. The van der Waals surface area contributed by atoms with Crippen LogP contribution in [0.2, 0.25) is 5.02 Å². The molecule has 2 aromatic rings. The van der Waals surface area contributed by atoms with Gasteiger partial charge in [0.15, 0.2) is 9.84 Å². The first-order valence-corrected chi connectivity index (χ1v) is 9.78. The number of fused-ring (bicyclic) bond motifs is 1. The van der Waals surface area contributed by atoms with Crippen LogP contribution in [0.4, 0.5) is 8.78 Å². The van der Waals surface area contributed by atoms with Gasteiger partial charge in [-0.25, -0.2) is 17.2 Å². The third-order valence-corrected chi connectivity index (χ3v) is 7.20. The van der Waals surface area contributed by atoms with E-state index in [-0.39, 0.29) is 21.2 Å². The number of aliphatic hydroxyl groups is 1. The summed E-state index contributed by atoms with van der Waals surface area (Å²) in [6, 6.07) is 3.83. The van der Waals surface area contributed by atoms with Gasteiger partial charge in [-0.15, -0.1) is 11.3 Å². The van der Waals surface area contributed by atoms with Crippen molar-refractivity contribution in [1.82, 2.24) is 0 Å². The molecule has 0 bridgehead atoms. The van der Waals surface area contributed by atoms with E-state index >= 15 is 0 Å². The molecule has 0 saturated heterocycles. The van der Waals surface area contributed by atoms with Crippen LogP contribution < -0.4 is 0 Å². The largest absolute Gasteiger partial charge is 0.385 e. The average Bonchev–Trinajstić information content (AvgIpc) is 2.84. The maximum atomic E-state index is 14.5. The smallest absolute Gasteiger partial charge is 0.185 e. The van der Waals surface area contributed by atoms with Gasteiger partial charge in [0.05, 0.1) is 0 Å². The van der Waals surface area contributed by atoms with Crippen LogP contribution in [0.3, 0.4) is 0 Å². The summed E-state index contributed by atoms with van der Waals surface area (Å²) < 4.78 is 52.0. The van der Waals surface area contributed by atoms with E-state index in [1.54, 1.807) is 0 Å². The molecule has 1 N–H and O–H groups in total. The number of thiophene rings is 1. The standard InChI is InChI=1S/C15H13ClF2O3S2/c1-15(18)6-10-11(13(15)19)14(23(2,20)21)22-12(10)7-3-8(16)5-9(17)4-7/h3-5,13,19H,6H2,1-2H3/t13-,15?/m0/s1. The van der Waals surface area contributed by atoms with E-state index in [2.05, 4.69) is 0 Å². The Morgan fingerprint density at radius 3 is 2.61 bits per heavy atom. The summed E-state index contributed by atoms with van der Waals surface area (Å²) in [5, 5.41) is 10.3. The van der Waals surface area contributed by atoms with E-state index in [0.717, 1.165) is 23.7 Å². The van der Waals surface area contributed by atoms with Crippen LogP contribution >= 0.6 is 22.9 Å². The quantitative estimate of drug-likeness (QED) is 0.861. The van der Waals surface area contributed by atoms with Crippen molar-refractivity contribution in [3.8, 4) is 10.4 Å². The van der Waals surface area contributed by atoms with Gasteiger partial charge in [0, 0.05) is 28.1 Å². The van der Waals surface area contributed by atoms with Crippen molar-refractivity contribution in [1.29, 1.82) is 0 Å². The Bertz CT molecular complexity index is 883. The van der Waals surface area contributed by atoms with Crippen LogP contribution in [0.5, 0.6) is 0 Å². The molecule has 23 heavy (non-hydrogen) atoms. The van der Waals surface area contributed by atoms with Crippen molar-refractivity contribution in [2.24, 2.45) is 0 Å². The van der Waals surface area contributed by atoms with Crippen molar-refractivity contribution < 1.29 is 22.3 Å². The van der Waals surface area contributed by atoms with Gasteiger partial charge >= 0.3 is 0 Å². The first kappa shape index (κ1) is 16.8. The van der Waals surface area contributed by atoms with Crippen molar-refractivity contribution in [2.75, 3.05) is 6.26 Å². The maximum Gasteiger partial charge on any atom is 0.185 e. The van der Waals surface area contributed by atoms with Gasteiger partial charge in [-0.1, -0.05) is 11.6 Å². The molecule has 1 aromatic carbocycles. The zero-order chi connectivity index (χ0) is 17.2. The fourth-order valence-corrected chi connectivity index (χ4v) is 5.63. The van der Waals surface area contributed by atoms with Gasteiger partial charge < -0.3 is 5.11 Å². The van der Waals surface area contributed by atoms with Crippen LogP contribution in [-0.4, -0.2) is 25.4 Å². The summed E-state index contributed by atoms with van der Waals surface area (Å²) in [5.41, 5.74) is -1.12. The molecule has 0 saturated carbocycles. The lowest BCUT2D eigenvalue weighted by molar-refractivity contribution is 0.0168. The molecule has 0 spiro atoms.